The summed E-state index contributed by atoms with van der Waals surface area (Å²) < 4.78 is 0. The van der Waals surface area contributed by atoms with Crippen LogP contribution in [0.15, 0.2) is 0 Å². The van der Waals surface area contributed by atoms with Crippen LogP contribution >= 0.6 is 0 Å². The standard InChI is InChI=1S/C10H17B2N/c11-9-1-3-10(4-2-9)5-7-13(12)8-6-10/h9H,1-8H2. The maximum Gasteiger partial charge on any atom is 0.182 e. The molecule has 4 radical (unpaired) electrons. The summed E-state index contributed by atoms with van der Waals surface area (Å²) in [5, 5.41) is 0. The van der Waals surface area contributed by atoms with Gasteiger partial charge in [0.15, 0.2) is 7.98 Å². The summed E-state index contributed by atoms with van der Waals surface area (Å²) >= 11 is 0. The van der Waals surface area contributed by atoms with Gasteiger partial charge in [0.25, 0.3) is 0 Å². The Bertz CT molecular complexity index is 144. The second-order valence-electron chi connectivity index (χ2n) is 4.87. The molecule has 1 nitrogen and oxygen atoms in total. The largest absolute Gasteiger partial charge is 0.353 e. The van der Waals surface area contributed by atoms with E-state index in [1.807, 2.05) is 4.81 Å². The highest BCUT2D eigenvalue weighted by molar-refractivity contribution is 6.11. The van der Waals surface area contributed by atoms with Gasteiger partial charge >= 0.3 is 0 Å². The molecule has 2 rings (SSSR count). The number of hydrogen-bond acceptors (Lipinski definition) is 1. The Morgan fingerprint density at radius 2 is 1.54 bits per heavy atom. The Balaban J connectivity index is 1.90. The summed E-state index contributed by atoms with van der Waals surface area (Å²) in [7, 11) is 11.7. The van der Waals surface area contributed by atoms with Gasteiger partial charge in [0.1, 0.15) is 0 Å². The van der Waals surface area contributed by atoms with Crippen molar-refractivity contribution in [3.05, 3.63) is 0 Å². The van der Waals surface area contributed by atoms with Gasteiger partial charge in [0.2, 0.25) is 0 Å². The van der Waals surface area contributed by atoms with E-state index < -0.39 is 0 Å². The van der Waals surface area contributed by atoms with E-state index in [1.54, 1.807) is 0 Å². The van der Waals surface area contributed by atoms with Gasteiger partial charge in [0.05, 0.1) is 7.85 Å². The first-order chi connectivity index (χ1) is 6.20. The molecule has 13 heavy (non-hydrogen) atoms. The third-order valence-corrected chi connectivity index (χ3v) is 3.95. The Morgan fingerprint density at radius 1 is 1.00 bits per heavy atom. The summed E-state index contributed by atoms with van der Waals surface area (Å²) in [6, 6.07) is 0. The van der Waals surface area contributed by atoms with Crippen molar-refractivity contribution >= 4 is 15.8 Å². The van der Waals surface area contributed by atoms with E-state index in [2.05, 4.69) is 0 Å². The molecular formula is C10H17B2N. The fourth-order valence-electron chi connectivity index (χ4n) is 2.75. The van der Waals surface area contributed by atoms with E-state index in [1.165, 1.54) is 38.5 Å². The van der Waals surface area contributed by atoms with E-state index >= 15 is 0 Å². The van der Waals surface area contributed by atoms with Crippen LogP contribution in [0.1, 0.15) is 38.5 Å². The first-order valence-electron chi connectivity index (χ1n) is 5.45. The third kappa shape index (κ3) is 2.12. The van der Waals surface area contributed by atoms with Crippen LogP contribution in [0.25, 0.3) is 0 Å². The summed E-state index contributed by atoms with van der Waals surface area (Å²) in [5.41, 5.74) is 0.617. The fraction of sp³-hybridized carbons (Fsp3) is 1.00. The molecule has 2 aliphatic rings. The van der Waals surface area contributed by atoms with E-state index in [-0.39, 0.29) is 0 Å². The maximum absolute atomic E-state index is 5.92. The van der Waals surface area contributed by atoms with Crippen LogP contribution in [0.2, 0.25) is 5.82 Å². The smallest absolute Gasteiger partial charge is 0.182 e. The number of nitrogens with zero attached hydrogens (tertiary/aromatic N) is 1. The Kier molecular flexibility index (Phi) is 2.73. The van der Waals surface area contributed by atoms with Crippen molar-refractivity contribution in [3.8, 4) is 0 Å². The number of piperidine rings is 1. The molecule has 1 spiro atoms. The molecule has 1 saturated heterocycles. The summed E-state index contributed by atoms with van der Waals surface area (Å²) in [6.07, 6.45) is 7.70. The van der Waals surface area contributed by atoms with E-state index in [0.29, 0.717) is 11.2 Å². The molecule has 0 N–H and O–H groups in total. The lowest BCUT2D eigenvalue weighted by atomic mass is 9.61. The van der Waals surface area contributed by atoms with Crippen LogP contribution in [0.5, 0.6) is 0 Å². The van der Waals surface area contributed by atoms with Gasteiger partial charge in [-0.25, -0.2) is 0 Å². The second-order valence-corrected chi connectivity index (χ2v) is 4.87. The van der Waals surface area contributed by atoms with Crippen LogP contribution in [-0.2, 0) is 0 Å². The zero-order valence-electron chi connectivity index (χ0n) is 8.34. The van der Waals surface area contributed by atoms with Crippen molar-refractivity contribution in [2.24, 2.45) is 5.41 Å². The molecule has 2 fully saturated rings. The second kappa shape index (κ2) is 3.68. The molecule has 0 unspecified atom stereocenters. The number of hydrogen-bond donors (Lipinski definition) is 0. The summed E-state index contributed by atoms with van der Waals surface area (Å²) in [4.78, 5) is 1.96. The predicted octanol–water partition coefficient (Wildman–Crippen LogP) is 1.68. The van der Waals surface area contributed by atoms with Gasteiger partial charge in [-0.05, 0) is 44.2 Å². The average molecular weight is 173 g/mol. The minimum absolute atomic E-state index is 0.474. The highest BCUT2D eigenvalue weighted by Crippen LogP contribution is 2.46. The van der Waals surface area contributed by atoms with E-state index in [0.717, 1.165) is 13.1 Å². The van der Waals surface area contributed by atoms with Gasteiger partial charge in [-0.3, -0.25) is 0 Å². The molecule has 1 aliphatic carbocycles. The lowest BCUT2D eigenvalue weighted by molar-refractivity contribution is 0.104. The SMILES string of the molecule is [B]C1CCC2(CC1)CCN([B])CC2. The highest BCUT2D eigenvalue weighted by Gasteiger charge is 2.35. The minimum atomic E-state index is 0.474. The molecule has 0 aromatic rings. The van der Waals surface area contributed by atoms with Crippen molar-refractivity contribution in [1.29, 1.82) is 0 Å². The van der Waals surface area contributed by atoms with Crippen molar-refractivity contribution in [2.75, 3.05) is 13.1 Å². The van der Waals surface area contributed by atoms with E-state index in [4.69, 9.17) is 15.8 Å². The van der Waals surface area contributed by atoms with Crippen LogP contribution in [-0.4, -0.2) is 33.7 Å². The van der Waals surface area contributed by atoms with Crippen LogP contribution in [0.4, 0.5) is 0 Å². The van der Waals surface area contributed by atoms with Gasteiger partial charge in [-0.2, -0.15) is 0 Å². The van der Waals surface area contributed by atoms with Gasteiger partial charge in [0, 0.05) is 0 Å². The topological polar surface area (TPSA) is 3.24 Å². The van der Waals surface area contributed by atoms with Crippen molar-refractivity contribution in [1.82, 2.24) is 4.81 Å². The molecular weight excluding hydrogens is 156 g/mol. The Hall–Kier alpha value is 0.0899. The van der Waals surface area contributed by atoms with Crippen molar-refractivity contribution in [3.63, 3.8) is 0 Å². The quantitative estimate of drug-likeness (QED) is 0.503. The molecule has 0 amide bonds. The minimum Gasteiger partial charge on any atom is -0.353 e. The molecule has 0 aromatic heterocycles. The first kappa shape index (κ1) is 9.64. The lowest BCUT2D eigenvalue weighted by Gasteiger charge is -2.45. The average Bonchev–Trinajstić information content (AvgIpc) is 2.16. The fourth-order valence-corrected chi connectivity index (χ4v) is 2.75. The molecule has 0 atom stereocenters. The normalized spacial score (nSPS) is 30.8. The predicted molar refractivity (Wildman–Crippen MR) is 57.0 cm³/mol. The van der Waals surface area contributed by atoms with Crippen molar-refractivity contribution < 1.29 is 0 Å². The molecule has 0 aromatic carbocycles. The van der Waals surface area contributed by atoms with E-state index in [9.17, 15) is 0 Å². The van der Waals surface area contributed by atoms with Gasteiger partial charge in [-0.15, -0.1) is 0 Å². The zero-order valence-corrected chi connectivity index (χ0v) is 8.34. The van der Waals surface area contributed by atoms with Crippen molar-refractivity contribution in [2.45, 2.75) is 44.3 Å². The molecule has 1 aliphatic heterocycles. The molecule has 0 bridgehead atoms. The Morgan fingerprint density at radius 3 is 2.08 bits per heavy atom. The molecule has 68 valence electrons. The molecule has 3 heteroatoms. The Labute approximate surface area is 84.1 Å². The highest BCUT2D eigenvalue weighted by atomic mass is 15.0. The summed E-state index contributed by atoms with van der Waals surface area (Å²) in [6.45, 7) is 2.16. The summed E-state index contributed by atoms with van der Waals surface area (Å²) in [5.74, 6) is 0.474. The van der Waals surface area contributed by atoms with Crippen LogP contribution < -0.4 is 0 Å². The van der Waals surface area contributed by atoms with Crippen LogP contribution in [0, 0.1) is 5.41 Å². The lowest BCUT2D eigenvalue weighted by Crippen LogP contribution is -2.40. The van der Waals surface area contributed by atoms with Gasteiger partial charge in [-0.1, -0.05) is 18.7 Å². The zero-order chi connectivity index (χ0) is 9.31. The molecule has 1 heterocycles. The monoisotopic (exact) mass is 173 g/mol. The van der Waals surface area contributed by atoms with Gasteiger partial charge < -0.3 is 4.81 Å². The molecule has 1 saturated carbocycles. The first-order valence-corrected chi connectivity index (χ1v) is 5.45. The maximum atomic E-state index is 5.92. The third-order valence-electron chi connectivity index (χ3n) is 3.95. The number of rotatable bonds is 0. The van der Waals surface area contributed by atoms with Crippen LogP contribution in [0.3, 0.4) is 0 Å².